The third kappa shape index (κ3) is 4.30. The van der Waals surface area contributed by atoms with E-state index >= 15 is 0 Å². The fraction of sp³-hybridized carbons (Fsp3) is 0.158. The first-order chi connectivity index (χ1) is 12.9. The molecule has 0 aliphatic heterocycles. The molecule has 27 heavy (non-hydrogen) atoms. The van der Waals surface area contributed by atoms with Crippen molar-refractivity contribution in [3.63, 3.8) is 0 Å². The number of imidazole rings is 1. The van der Waals surface area contributed by atoms with E-state index in [9.17, 15) is 9.59 Å². The summed E-state index contributed by atoms with van der Waals surface area (Å²) in [4.78, 5) is 27.6. The van der Waals surface area contributed by atoms with Crippen LogP contribution in [-0.2, 0) is 4.79 Å². The number of benzene rings is 1. The number of primary amides is 1. The van der Waals surface area contributed by atoms with Crippen LogP contribution in [0.15, 0.2) is 47.7 Å². The summed E-state index contributed by atoms with van der Waals surface area (Å²) in [7, 11) is 0. The molecule has 0 bridgehead atoms. The highest BCUT2D eigenvalue weighted by Gasteiger charge is 2.16. The van der Waals surface area contributed by atoms with E-state index in [1.165, 1.54) is 6.21 Å². The zero-order valence-electron chi connectivity index (χ0n) is 15.0. The van der Waals surface area contributed by atoms with E-state index in [0.29, 0.717) is 22.8 Å². The summed E-state index contributed by atoms with van der Waals surface area (Å²) >= 11 is 0. The number of hydrogen-bond acceptors (Lipinski definition) is 5. The molecule has 3 N–H and O–H groups in total. The molecule has 0 unspecified atom stereocenters. The Balaban J connectivity index is 1.68. The number of amides is 2. The monoisotopic (exact) mass is 365 g/mol. The lowest BCUT2D eigenvalue weighted by molar-refractivity contribution is -0.119. The molecule has 0 aliphatic rings. The zero-order valence-corrected chi connectivity index (χ0v) is 15.0. The van der Waals surface area contributed by atoms with Gasteiger partial charge in [-0.2, -0.15) is 5.10 Å². The molecule has 0 fully saturated rings. The molecule has 0 aliphatic carbocycles. The highest BCUT2D eigenvalue weighted by atomic mass is 16.5. The van der Waals surface area contributed by atoms with Crippen LogP contribution in [0.5, 0.6) is 5.75 Å². The highest BCUT2D eigenvalue weighted by Crippen LogP contribution is 2.13. The first kappa shape index (κ1) is 18.1. The Morgan fingerprint density at radius 1 is 1.22 bits per heavy atom. The summed E-state index contributed by atoms with van der Waals surface area (Å²) in [6.45, 7) is 3.55. The predicted molar refractivity (Wildman–Crippen MR) is 101 cm³/mol. The van der Waals surface area contributed by atoms with Crippen molar-refractivity contribution >= 4 is 23.7 Å². The molecule has 0 spiro atoms. The lowest BCUT2D eigenvalue weighted by atomic mass is 10.2. The molecule has 2 heterocycles. The van der Waals surface area contributed by atoms with Crippen molar-refractivity contribution in [3.8, 4) is 5.75 Å². The largest absolute Gasteiger partial charge is 0.484 e. The van der Waals surface area contributed by atoms with E-state index < -0.39 is 5.91 Å². The van der Waals surface area contributed by atoms with Gasteiger partial charge < -0.3 is 10.5 Å². The molecule has 2 amide bonds. The minimum absolute atomic E-state index is 0.179. The second-order valence-electron chi connectivity index (χ2n) is 6.00. The molecule has 8 nitrogen and oxygen atoms in total. The number of nitrogens with zero attached hydrogens (tertiary/aromatic N) is 3. The molecular weight excluding hydrogens is 346 g/mol. The highest BCUT2D eigenvalue weighted by molar-refractivity contribution is 5.95. The normalized spacial score (nSPS) is 11.0. The van der Waals surface area contributed by atoms with Crippen molar-refractivity contribution in [2.45, 2.75) is 13.8 Å². The van der Waals surface area contributed by atoms with Gasteiger partial charge in [-0.3, -0.25) is 14.0 Å². The van der Waals surface area contributed by atoms with Gasteiger partial charge in [0.05, 0.1) is 11.9 Å². The summed E-state index contributed by atoms with van der Waals surface area (Å²) in [6, 6.07) is 10.7. The van der Waals surface area contributed by atoms with Crippen LogP contribution in [-0.4, -0.2) is 34.0 Å². The van der Waals surface area contributed by atoms with Gasteiger partial charge in [-0.05, 0) is 55.3 Å². The number of carbonyl (C=O) groups is 2. The third-order valence-corrected chi connectivity index (χ3v) is 3.80. The second kappa shape index (κ2) is 7.69. The number of rotatable bonds is 6. The van der Waals surface area contributed by atoms with Gasteiger partial charge in [-0.15, -0.1) is 0 Å². The van der Waals surface area contributed by atoms with Crippen molar-refractivity contribution < 1.29 is 14.3 Å². The topological polar surface area (TPSA) is 111 Å². The Morgan fingerprint density at radius 3 is 2.67 bits per heavy atom. The van der Waals surface area contributed by atoms with Crippen molar-refractivity contribution in [1.29, 1.82) is 0 Å². The summed E-state index contributed by atoms with van der Waals surface area (Å²) in [5, 5.41) is 3.99. The number of aryl methyl sites for hydroxylation is 2. The molecule has 0 saturated carbocycles. The molecule has 0 saturated heterocycles. The SMILES string of the molecule is Cc1ccc2nc(C)c(C(=O)N/N=C\c3ccc(OCC(N)=O)cc3)n2c1. The molecule has 2 aromatic heterocycles. The number of hydrazone groups is 1. The smallest absolute Gasteiger partial charge is 0.290 e. The minimum Gasteiger partial charge on any atom is -0.484 e. The molecule has 1 aromatic carbocycles. The second-order valence-corrected chi connectivity index (χ2v) is 6.00. The Bertz CT molecular complexity index is 1020. The average Bonchev–Trinajstić information content (AvgIpc) is 2.96. The first-order valence-corrected chi connectivity index (χ1v) is 8.24. The zero-order chi connectivity index (χ0) is 19.4. The summed E-state index contributed by atoms with van der Waals surface area (Å²) in [6.07, 6.45) is 3.37. The molecule has 8 heteroatoms. The number of pyridine rings is 1. The predicted octanol–water partition coefficient (Wildman–Crippen LogP) is 1.58. The summed E-state index contributed by atoms with van der Waals surface area (Å²) < 4.78 is 6.93. The van der Waals surface area contributed by atoms with Crippen LogP contribution >= 0.6 is 0 Å². The maximum absolute atomic E-state index is 12.5. The number of hydrogen-bond donors (Lipinski definition) is 2. The van der Waals surface area contributed by atoms with Gasteiger partial charge in [0.2, 0.25) is 0 Å². The number of aromatic nitrogens is 2. The Labute approximate surface area is 155 Å². The van der Waals surface area contributed by atoms with E-state index in [2.05, 4.69) is 15.5 Å². The van der Waals surface area contributed by atoms with Gasteiger partial charge in [0.25, 0.3) is 11.8 Å². The molecule has 0 radical (unpaired) electrons. The number of nitrogens with one attached hydrogen (secondary N) is 1. The van der Waals surface area contributed by atoms with Crippen molar-refractivity contribution in [3.05, 3.63) is 65.1 Å². The van der Waals surface area contributed by atoms with Crippen LogP contribution < -0.4 is 15.9 Å². The number of fused-ring (bicyclic) bond motifs is 1. The Hall–Kier alpha value is -3.68. The number of ether oxygens (including phenoxy) is 1. The van der Waals surface area contributed by atoms with E-state index in [-0.39, 0.29) is 12.5 Å². The van der Waals surface area contributed by atoms with Gasteiger partial charge in [0.15, 0.2) is 6.61 Å². The van der Waals surface area contributed by atoms with E-state index in [4.69, 9.17) is 10.5 Å². The fourth-order valence-corrected chi connectivity index (χ4v) is 2.57. The van der Waals surface area contributed by atoms with Crippen LogP contribution in [0, 0.1) is 13.8 Å². The average molecular weight is 365 g/mol. The van der Waals surface area contributed by atoms with Crippen molar-refractivity contribution in [2.24, 2.45) is 10.8 Å². The van der Waals surface area contributed by atoms with Gasteiger partial charge in [-0.25, -0.2) is 10.4 Å². The van der Waals surface area contributed by atoms with Gasteiger partial charge in [0, 0.05) is 6.20 Å². The van der Waals surface area contributed by atoms with Gasteiger partial charge >= 0.3 is 0 Å². The number of carbonyl (C=O) groups excluding carboxylic acids is 2. The van der Waals surface area contributed by atoms with Gasteiger partial charge in [-0.1, -0.05) is 6.07 Å². The number of nitrogens with two attached hydrogens (primary N) is 1. The van der Waals surface area contributed by atoms with E-state index in [1.807, 2.05) is 25.3 Å². The summed E-state index contributed by atoms with van der Waals surface area (Å²) in [5.74, 6) is -0.365. The molecule has 3 aromatic rings. The standard InChI is InChI=1S/C19H19N5O3/c1-12-3-8-17-22-13(2)18(24(17)10-12)19(26)23-21-9-14-4-6-15(7-5-14)27-11-16(20)25/h3-10H,11H2,1-2H3,(H2,20,25)(H,23,26)/b21-9-. The quantitative estimate of drug-likeness (QED) is 0.510. The lowest BCUT2D eigenvalue weighted by Crippen LogP contribution is -2.20. The third-order valence-electron chi connectivity index (χ3n) is 3.80. The molecule has 3 rings (SSSR count). The Morgan fingerprint density at radius 2 is 1.96 bits per heavy atom. The Kier molecular flexibility index (Phi) is 5.16. The van der Waals surface area contributed by atoms with E-state index in [0.717, 1.165) is 11.1 Å². The minimum atomic E-state index is -0.541. The van der Waals surface area contributed by atoms with Crippen LogP contribution in [0.2, 0.25) is 0 Å². The molecule has 0 atom stereocenters. The lowest BCUT2D eigenvalue weighted by Gasteiger charge is -2.04. The maximum Gasteiger partial charge on any atom is 0.290 e. The first-order valence-electron chi connectivity index (χ1n) is 8.24. The van der Waals surface area contributed by atoms with Crippen LogP contribution in [0.3, 0.4) is 0 Å². The molecule has 138 valence electrons. The van der Waals surface area contributed by atoms with Crippen LogP contribution in [0.25, 0.3) is 5.65 Å². The van der Waals surface area contributed by atoms with E-state index in [1.54, 1.807) is 35.6 Å². The van der Waals surface area contributed by atoms with Gasteiger partial charge in [0.1, 0.15) is 17.1 Å². The van der Waals surface area contributed by atoms with Crippen LogP contribution in [0.4, 0.5) is 0 Å². The van der Waals surface area contributed by atoms with Crippen molar-refractivity contribution in [1.82, 2.24) is 14.8 Å². The van der Waals surface area contributed by atoms with Crippen molar-refractivity contribution in [2.75, 3.05) is 6.61 Å². The maximum atomic E-state index is 12.5. The van der Waals surface area contributed by atoms with Crippen LogP contribution in [0.1, 0.15) is 27.3 Å². The molecular formula is C19H19N5O3. The fourth-order valence-electron chi connectivity index (χ4n) is 2.57. The summed E-state index contributed by atoms with van der Waals surface area (Å²) in [5.41, 5.74) is 11.1.